The zero-order valence-electron chi connectivity index (χ0n) is 10.8. The van der Waals surface area contributed by atoms with Gasteiger partial charge in [-0.05, 0) is 0 Å². The number of hydrogen-bond donors (Lipinski definition) is 0. The maximum Gasteiger partial charge on any atom is 0 e. The van der Waals surface area contributed by atoms with E-state index >= 15 is 0 Å². The average Bonchev–Trinajstić information content (AvgIpc) is 1.54. The minimum absolute atomic E-state index is 0. The smallest absolute Gasteiger partial charge is 0 e. The van der Waals surface area contributed by atoms with Crippen LogP contribution in [0.3, 0.4) is 0 Å². The van der Waals surface area contributed by atoms with Crippen LogP contribution in [0.15, 0.2) is 0 Å². The normalized spacial score (nSPS) is 8.31. The average molecular weight is 278 g/mol. The molecule has 0 saturated heterocycles. The Balaban J connectivity index is -0.0000000450. The quantitative estimate of drug-likeness (QED) is 0.438. The van der Waals surface area contributed by atoms with Gasteiger partial charge in [0.1, 0.15) is 0 Å². The third-order valence-electron chi connectivity index (χ3n) is 0. The van der Waals surface area contributed by atoms with Gasteiger partial charge in [-0.25, -0.2) is 0 Å². The molecule has 0 spiro atoms. The molecular formula is C12H27Pd-3. The van der Waals surface area contributed by atoms with E-state index in [0.29, 0.717) is 0 Å². The van der Waals surface area contributed by atoms with Crippen molar-refractivity contribution in [2.45, 2.75) is 62.3 Å². The van der Waals surface area contributed by atoms with Crippen LogP contribution in [0.1, 0.15) is 62.3 Å². The van der Waals surface area contributed by atoms with E-state index in [1.807, 2.05) is 0 Å². The SMILES string of the molecule is C[C-](C)C.C[C-](C)C.C[C-](C)C.[Pd]. The zero-order chi connectivity index (χ0) is 10.7. The van der Waals surface area contributed by atoms with E-state index in [1.54, 1.807) is 0 Å². The molecule has 0 aromatic carbocycles. The summed E-state index contributed by atoms with van der Waals surface area (Å²) < 4.78 is 0. The summed E-state index contributed by atoms with van der Waals surface area (Å²) >= 11 is 0. The van der Waals surface area contributed by atoms with Gasteiger partial charge in [0.25, 0.3) is 0 Å². The van der Waals surface area contributed by atoms with Gasteiger partial charge in [0.15, 0.2) is 0 Å². The van der Waals surface area contributed by atoms with Gasteiger partial charge in [0.2, 0.25) is 0 Å². The molecule has 0 rings (SSSR count). The van der Waals surface area contributed by atoms with Gasteiger partial charge < -0.3 is 17.8 Å². The van der Waals surface area contributed by atoms with Crippen LogP contribution in [0.5, 0.6) is 0 Å². The van der Waals surface area contributed by atoms with E-state index in [-0.39, 0.29) is 20.4 Å². The minimum Gasteiger partial charge on any atom is -0.323 e. The van der Waals surface area contributed by atoms with Crippen LogP contribution in [0.4, 0.5) is 0 Å². The molecule has 0 atom stereocenters. The molecule has 0 aliphatic rings. The maximum atomic E-state index is 2.08. The topological polar surface area (TPSA) is 0 Å². The molecule has 0 aliphatic carbocycles. The van der Waals surface area contributed by atoms with Crippen LogP contribution >= 0.6 is 0 Å². The van der Waals surface area contributed by atoms with E-state index in [0.717, 1.165) is 0 Å². The molecule has 13 heavy (non-hydrogen) atoms. The third-order valence-corrected chi connectivity index (χ3v) is 0. The van der Waals surface area contributed by atoms with Crippen molar-refractivity contribution < 1.29 is 20.4 Å². The number of hydrogen-bond acceptors (Lipinski definition) is 0. The molecule has 0 heterocycles. The van der Waals surface area contributed by atoms with Gasteiger partial charge >= 0.3 is 0 Å². The second-order valence-corrected chi connectivity index (χ2v) is 4.50. The summed E-state index contributed by atoms with van der Waals surface area (Å²) in [6.45, 7) is 18.8. The number of rotatable bonds is 0. The van der Waals surface area contributed by atoms with Crippen molar-refractivity contribution in [2.75, 3.05) is 0 Å². The summed E-state index contributed by atoms with van der Waals surface area (Å²) in [6.07, 6.45) is 0. The molecule has 0 aliphatic heterocycles. The van der Waals surface area contributed by atoms with Gasteiger partial charge in [-0.15, -0.1) is 0 Å². The Morgan fingerprint density at radius 1 is 0.385 bits per heavy atom. The molecule has 0 unspecified atom stereocenters. The second-order valence-electron chi connectivity index (χ2n) is 4.50. The van der Waals surface area contributed by atoms with Gasteiger partial charge in [0.05, 0.1) is 0 Å². The summed E-state index contributed by atoms with van der Waals surface area (Å²) in [6, 6.07) is 0. The van der Waals surface area contributed by atoms with Crippen molar-refractivity contribution in [1.29, 1.82) is 0 Å². The molecule has 88 valence electrons. The van der Waals surface area contributed by atoms with Gasteiger partial charge in [-0.1, -0.05) is 0 Å². The van der Waals surface area contributed by atoms with Crippen LogP contribution in [0, 0.1) is 17.8 Å². The van der Waals surface area contributed by atoms with Crippen molar-refractivity contribution in [3.63, 3.8) is 0 Å². The molecule has 0 aromatic heterocycles. The Morgan fingerprint density at radius 3 is 0.385 bits per heavy atom. The minimum atomic E-state index is 0. The standard InChI is InChI=1S/3C4H9.Pd/c3*1-4(2)3;/h3*1-3H3;/q3*-1;. The Kier molecular flexibility index (Phi) is 33.3. The predicted molar refractivity (Wildman–Crippen MR) is 60.8 cm³/mol. The van der Waals surface area contributed by atoms with Crippen molar-refractivity contribution >= 4 is 0 Å². The van der Waals surface area contributed by atoms with E-state index in [1.165, 1.54) is 17.8 Å². The Morgan fingerprint density at radius 2 is 0.385 bits per heavy atom. The summed E-state index contributed by atoms with van der Waals surface area (Å²) in [5, 5.41) is 0. The fourth-order valence-corrected chi connectivity index (χ4v) is 0. The second kappa shape index (κ2) is 18.4. The monoisotopic (exact) mass is 277 g/mol. The summed E-state index contributed by atoms with van der Waals surface area (Å²) in [5.74, 6) is 4.25. The van der Waals surface area contributed by atoms with Gasteiger partial charge in [-0.2, -0.15) is 62.3 Å². The predicted octanol–water partition coefficient (Wildman–Crippen LogP) is 4.86. The molecule has 0 bridgehead atoms. The molecule has 0 N–H and O–H groups in total. The molecule has 0 nitrogen and oxygen atoms in total. The first-order valence-corrected chi connectivity index (χ1v) is 4.50. The fourth-order valence-electron chi connectivity index (χ4n) is 0. The van der Waals surface area contributed by atoms with Crippen LogP contribution in [-0.4, -0.2) is 0 Å². The van der Waals surface area contributed by atoms with E-state index in [9.17, 15) is 0 Å². The van der Waals surface area contributed by atoms with Crippen molar-refractivity contribution in [2.24, 2.45) is 0 Å². The maximum absolute atomic E-state index is 2.08. The van der Waals surface area contributed by atoms with Crippen molar-refractivity contribution in [3.8, 4) is 0 Å². The molecular weight excluding hydrogens is 251 g/mol. The molecule has 0 saturated carbocycles. The third kappa shape index (κ3) is 3280. The first-order valence-electron chi connectivity index (χ1n) is 4.50. The van der Waals surface area contributed by atoms with Crippen LogP contribution < -0.4 is 0 Å². The van der Waals surface area contributed by atoms with E-state index in [4.69, 9.17) is 0 Å². The molecule has 0 fully saturated rings. The Bertz CT molecular complexity index is 33.6. The molecule has 0 aromatic rings. The summed E-state index contributed by atoms with van der Waals surface area (Å²) in [5.41, 5.74) is 0. The van der Waals surface area contributed by atoms with Crippen LogP contribution in [0.25, 0.3) is 0 Å². The van der Waals surface area contributed by atoms with Crippen molar-refractivity contribution in [1.82, 2.24) is 0 Å². The molecule has 0 radical (unpaired) electrons. The summed E-state index contributed by atoms with van der Waals surface area (Å²) in [4.78, 5) is 0. The van der Waals surface area contributed by atoms with E-state index < -0.39 is 0 Å². The van der Waals surface area contributed by atoms with Gasteiger partial charge in [0, 0.05) is 20.4 Å². The largest absolute Gasteiger partial charge is 0.323 e. The first-order chi connectivity index (χ1) is 5.20. The zero-order valence-corrected chi connectivity index (χ0v) is 12.4. The Hall–Kier alpha value is 0.662. The Labute approximate surface area is 101 Å². The summed E-state index contributed by atoms with van der Waals surface area (Å²) in [7, 11) is 0. The first kappa shape index (κ1) is 23.5. The fraction of sp³-hybridized carbons (Fsp3) is 0.750. The van der Waals surface area contributed by atoms with Crippen LogP contribution in [0.2, 0.25) is 0 Å². The van der Waals surface area contributed by atoms with Gasteiger partial charge in [-0.3, -0.25) is 0 Å². The van der Waals surface area contributed by atoms with Crippen molar-refractivity contribution in [3.05, 3.63) is 17.8 Å². The molecule has 0 amide bonds. The molecule has 1 heteroatoms. The van der Waals surface area contributed by atoms with E-state index in [2.05, 4.69) is 62.3 Å². The van der Waals surface area contributed by atoms with Crippen LogP contribution in [-0.2, 0) is 20.4 Å².